The molecule has 0 aromatic heterocycles. The molecule has 5 nitrogen and oxygen atoms in total. The van der Waals surface area contributed by atoms with Crippen LogP contribution in [0.25, 0.3) is 0 Å². The molecule has 0 aliphatic rings. The van der Waals surface area contributed by atoms with Crippen LogP contribution in [0.5, 0.6) is 0 Å². The van der Waals surface area contributed by atoms with E-state index >= 15 is 0 Å². The molecular weight excluding hydrogens is 232 g/mol. The van der Waals surface area contributed by atoms with E-state index in [-0.39, 0.29) is 17.8 Å². The number of carbonyl (C=O) groups is 2. The van der Waals surface area contributed by atoms with Crippen LogP contribution >= 0.6 is 0 Å². The van der Waals surface area contributed by atoms with Crippen molar-refractivity contribution in [3.63, 3.8) is 0 Å². The summed E-state index contributed by atoms with van der Waals surface area (Å²) in [7, 11) is 5.30. The molecule has 18 heavy (non-hydrogen) atoms. The van der Waals surface area contributed by atoms with Gasteiger partial charge in [0.1, 0.15) is 0 Å². The lowest BCUT2D eigenvalue weighted by Crippen LogP contribution is -2.40. The molecule has 0 rings (SSSR count). The highest BCUT2D eigenvalue weighted by molar-refractivity contribution is 5.77. The number of nitrogens with zero attached hydrogens (tertiary/aromatic N) is 2. The molecule has 0 saturated carbocycles. The predicted octanol–water partition coefficient (Wildman–Crippen LogP) is 0.986. The molecule has 0 aromatic carbocycles. The molecule has 0 N–H and O–H groups in total. The topological polar surface area (TPSA) is 49.9 Å². The van der Waals surface area contributed by atoms with Crippen molar-refractivity contribution in [2.45, 2.75) is 26.7 Å². The van der Waals surface area contributed by atoms with E-state index in [9.17, 15) is 9.59 Å². The van der Waals surface area contributed by atoms with Crippen molar-refractivity contribution < 1.29 is 14.3 Å². The van der Waals surface area contributed by atoms with Gasteiger partial charge in [-0.15, -0.1) is 0 Å². The molecular formula is C13H26N2O3. The number of ether oxygens (including phenoxy) is 1. The van der Waals surface area contributed by atoms with Gasteiger partial charge in [0.15, 0.2) is 0 Å². The zero-order chi connectivity index (χ0) is 14.1. The van der Waals surface area contributed by atoms with Crippen molar-refractivity contribution in [2.75, 3.05) is 40.8 Å². The second-order valence-corrected chi connectivity index (χ2v) is 4.82. The zero-order valence-electron chi connectivity index (χ0n) is 12.2. The zero-order valence-corrected chi connectivity index (χ0v) is 12.2. The van der Waals surface area contributed by atoms with E-state index in [1.165, 1.54) is 7.11 Å². The molecule has 0 fully saturated rings. The van der Waals surface area contributed by atoms with Crippen LogP contribution in [0.3, 0.4) is 0 Å². The Bertz CT molecular complexity index is 267. The third-order valence-electron chi connectivity index (χ3n) is 2.73. The molecule has 0 spiro atoms. The maximum Gasteiger partial charge on any atom is 0.310 e. The van der Waals surface area contributed by atoms with Crippen LogP contribution in [-0.2, 0) is 14.3 Å². The highest BCUT2D eigenvalue weighted by Gasteiger charge is 2.20. The van der Waals surface area contributed by atoms with Crippen molar-refractivity contribution >= 4 is 11.9 Å². The summed E-state index contributed by atoms with van der Waals surface area (Å²) in [6.45, 7) is 5.63. The molecule has 0 aliphatic carbocycles. The highest BCUT2D eigenvalue weighted by Crippen LogP contribution is 2.05. The maximum atomic E-state index is 12.0. The summed E-state index contributed by atoms with van der Waals surface area (Å²) in [6.07, 6.45) is 1.35. The molecule has 0 saturated heterocycles. The Kier molecular flexibility index (Phi) is 8.37. The maximum absolute atomic E-state index is 12.0. The molecule has 0 radical (unpaired) electrons. The first-order chi connectivity index (χ1) is 8.42. The van der Waals surface area contributed by atoms with Gasteiger partial charge in [-0.1, -0.05) is 13.8 Å². The molecule has 0 bridgehead atoms. The van der Waals surface area contributed by atoms with Crippen molar-refractivity contribution in [2.24, 2.45) is 5.92 Å². The Morgan fingerprint density at radius 3 is 2.28 bits per heavy atom. The van der Waals surface area contributed by atoms with Gasteiger partial charge in [-0.3, -0.25) is 9.59 Å². The van der Waals surface area contributed by atoms with Crippen LogP contribution in [-0.4, -0.2) is 62.5 Å². The summed E-state index contributed by atoms with van der Waals surface area (Å²) in [5.41, 5.74) is 0. The summed E-state index contributed by atoms with van der Waals surface area (Å²) in [6, 6.07) is 0. The number of likely N-dealkylation sites (N-methyl/N-ethyl adjacent to an activating group) is 1. The summed E-state index contributed by atoms with van der Waals surface area (Å²) >= 11 is 0. The lowest BCUT2D eigenvalue weighted by molar-refractivity contribution is -0.146. The van der Waals surface area contributed by atoms with Gasteiger partial charge in [0.25, 0.3) is 0 Å². The minimum absolute atomic E-state index is 0.107. The van der Waals surface area contributed by atoms with Gasteiger partial charge in [0.2, 0.25) is 5.91 Å². The number of amides is 1. The van der Waals surface area contributed by atoms with Gasteiger partial charge >= 0.3 is 5.97 Å². The first kappa shape index (κ1) is 16.9. The standard InChI is InChI=1S/C13H26N2O3/c1-6-7-12(16)15(9-8-14(3)4)10-11(2)13(17)18-5/h11H,6-10H2,1-5H3. The molecule has 106 valence electrons. The SMILES string of the molecule is CCCC(=O)N(CCN(C)C)CC(C)C(=O)OC. The fourth-order valence-corrected chi connectivity index (χ4v) is 1.62. The highest BCUT2D eigenvalue weighted by atomic mass is 16.5. The van der Waals surface area contributed by atoms with E-state index < -0.39 is 0 Å². The number of hydrogen-bond acceptors (Lipinski definition) is 4. The van der Waals surface area contributed by atoms with E-state index in [0.29, 0.717) is 19.5 Å². The number of esters is 1. The van der Waals surface area contributed by atoms with Gasteiger partial charge in [0.05, 0.1) is 13.0 Å². The smallest absolute Gasteiger partial charge is 0.310 e. The Balaban J connectivity index is 4.45. The average Bonchev–Trinajstić information content (AvgIpc) is 2.32. The van der Waals surface area contributed by atoms with Crippen LogP contribution in [0.15, 0.2) is 0 Å². The average molecular weight is 258 g/mol. The first-order valence-corrected chi connectivity index (χ1v) is 6.42. The quantitative estimate of drug-likeness (QED) is 0.609. The minimum atomic E-state index is -0.280. The molecule has 0 heterocycles. The fourth-order valence-electron chi connectivity index (χ4n) is 1.62. The second kappa shape index (κ2) is 8.91. The Labute approximate surface area is 110 Å². The van der Waals surface area contributed by atoms with E-state index in [1.807, 2.05) is 25.9 Å². The van der Waals surface area contributed by atoms with Gasteiger partial charge in [-0.25, -0.2) is 0 Å². The van der Waals surface area contributed by atoms with Crippen molar-refractivity contribution in [1.82, 2.24) is 9.80 Å². The molecule has 0 aliphatic heterocycles. The van der Waals surface area contributed by atoms with Crippen molar-refractivity contribution in [3.8, 4) is 0 Å². The number of methoxy groups -OCH3 is 1. The predicted molar refractivity (Wildman–Crippen MR) is 71.2 cm³/mol. The lowest BCUT2D eigenvalue weighted by atomic mass is 10.1. The Morgan fingerprint density at radius 1 is 1.22 bits per heavy atom. The molecule has 1 unspecified atom stereocenters. The summed E-state index contributed by atoms with van der Waals surface area (Å²) in [4.78, 5) is 27.1. The van der Waals surface area contributed by atoms with Crippen LogP contribution in [0.2, 0.25) is 0 Å². The number of hydrogen-bond donors (Lipinski definition) is 0. The van der Waals surface area contributed by atoms with Crippen LogP contribution in [0, 0.1) is 5.92 Å². The largest absolute Gasteiger partial charge is 0.469 e. The molecule has 1 atom stereocenters. The van der Waals surface area contributed by atoms with Crippen LogP contribution in [0.4, 0.5) is 0 Å². The van der Waals surface area contributed by atoms with Crippen LogP contribution in [0.1, 0.15) is 26.7 Å². The summed E-state index contributed by atoms with van der Waals surface area (Å²) in [5, 5.41) is 0. The Morgan fingerprint density at radius 2 is 1.83 bits per heavy atom. The van der Waals surface area contributed by atoms with Crippen molar-refractivity contribution in [3.05, 3.63) is 0 Å². The van der Waals surface area contributed by atoms with E-state index in [4.69, 9.17) is 4.74 Å². The molecule has 5 heteroatoms. The van der Waals surface area contributed by atoms with E-state index in [2.05, 4.69) is 0 Å². The van der Waals surface area contributed by atoms with Gasteiger partial charge in [0, 0.05) is 26.1 Å². The fraction of sp³-hybridized carbons (Fsp3) is 0.846. The van der Waals surface area contributed by atoms with Crippen LogP contribution < -0.4 is 0 Å². The monoisotopic (exact) mass is 258 g/mol. The lowest BCUT2D eigenvalue weighted by Gasteiger charge is -2.26. The van der Waals surface area contributed by atoms with Gasteiger partial charge in [-0.2, -0.15) is 0 Å². The second-order valence-electron chi connectivity index (χ2n) is 4.82. The van der Waals surface area contributed by atoms with Gasteiger partial charge < -0.3 is 14.5 Å². The third kappa shape index (κ3) is 6.59. The number of carbonyl (C=O) groups excluding carboxylic acids is 2. The Hall–Kier alpha value is -1.10. The first-order valence-electron chi connectivity index (χ1n) is 6.42. The molecule has 1 amide bonds. The summed E-state index contributed by atoms with van der Waals surface area (Å²) < 4.78 is 4.69. The molecule has 0 aromatic rings. The van der Waals surface area contributed by atoms with E-state index in [1.54, 1.807) is 11.8 Å². The van der Waals surface area contributed by atoms with E-state index in [0.717, 1.165) is 13.0 Å². The van der Waals surface area contributed by atoms with Crippen molar-refractivity contribution in [1.29, 1.82) is 0 Å². The summed E-state index contributed by atoms with van der Waals surface area (Å²) in [5.74, 6) is -0.442. The van der Waals surface area contributed by atoms with Gasteiger partial charge in [-0.05, 0) is 20.5 Å². The third-order valence-corrected chi connectivity index (χ3v) is 2.73. The normalized spacial score (nSPS) is 12.3. The number of rotatable bonds is 8. The minimum Gasteiger partial charge on any atom is -0.469 e.